The SMILES string of the molecule is CC(C)(C)c1ccc(C(C)(C)c2ccc(C(C)(C)c3ccc([SH2+])cc3)cc2)cc1. The van der Waals surface area contributed by atoms with E-state index < -0.39 is 0 Å². The van der Waals surface area contributed by atoms with Crippen LogP contribution >= 0.6 is 0 Å². The normalized spacial score (nSPS) is 12.8. The van der Waals surface area contributed by atoms with Crippen LogP contribution in [-0.2, 0) is 28.9 Å². The molecule has 0 aliphatic heterocycles. The van der Waals surface area contributed by atoms with Crippen molar-refractivity contribution in [3.8, 4) is 0 Å². The Kier molecular flexibility index (Phi) is 5.75. The van der Waals surface area contributed by atoms with E-state index in [2.05, 4.69) is 134 Å². The third-order valence-electron chi connectivity index (χ3n) is 6.41. The Balaban J connectivity index is 1.89. The Labute approximate surface area is 182 Å². The predicted octanol–water partition coefficient (Wildman–Crippen LogP) is 7.01. The molecule has 3 aromatic rings. The van der Waals surface area contributed by atoms with Gasteiger partial charge in [0.1, 0.15) is 4.90 Å². The third-order valence-corrected chi connectivity index (χ3v) is 6.74. The van der Waals surface area contributed by atoms with Crippen molar-refractivity contribution in [3.05, 3.63) is 101 Å². The number of rotatable bonds is 4. The zero-order valence-electron chi connectivity index (χ0n) is 18.9. The van der Waals surface area contributed by atoms with Crippen LogP contribution in [0.25, 0.3) is 0 Å². The minimum Gasteiger partial charge on any atom is -0.0582 e. The first kappa shape index (κ1) is 21.7. The number of hydrogen-bond acceptors (Lipinski definition) is 0. The van der Waals surface area contributed by atoms with Crippen LogP contribution in [0.5, 0.6) is 0 Å². The molecule has 0 aromatic heterocycles. The van der Waals surface area contributed by atoms with Gasteiger partial charge in [0, 0.05) is 10.8 Å². The van der Waals surface area contributed by atoms with E-state index in [-0.39, 0.29) is 16.2 Å². The average Bonchev–Trinajstić information content (AvgIpc) is 2.68. The molecule has 0 spiro atoms. The van der Waals surface area contributed by atoms with Crippen LogP contribution in [0.3, 0.4) is 0 Å². The van der Waals surface area contributed by atoms with Crippen LogP contribution in [0, 0.1) is 0 Å². The minimum atomic E-state index is -0.0313. The first-order chi connectivity index (χ1) is 13.4. The van der Waals surface area contributed by atoms with Crippen LogP contribution in [-0.4, -0.2) is 0 Å². The van der Waals surface area contributed by atoms with Crippen molar-refractivity contribution in [2.45, 2.75) is 69.6 Å². The maximum absolute atomic E-state index is 3.59. The van der Waals surface area contributed by atoms with Crippen molar-refractivity contribution in [1.29, 1.82) is 0 Å². The molecule has 3 rings (SSSR count). The van der Waals surface area contributed by atoms with E-state index in [1.54, 1.807) is 0 Å². The lowest BCUT2D eigenvalue weighted by Crippen LogP contribution is -2.22. The van der Waals surface area contributed by atoms with E-state index >= 15 is 0 Å². The molecule has 0 heterocycles. The molecule has 0 saturated heterocycles. The second-order valence-electron chi connectivity index (χ2n) is 10.2. The van der Waals surface area contributed by atoms with Crippen molar-refractivity contribution < 1.29 is 0 Å². The molecule has 0 aliphatic carbocycles. The van der Waals surface area contributed by atoms with Crippen molar-refractivity contribution in [1.82, 2.24) is 0 Å². The zero-order chi connectivity index (χ0) is 21.4. The van der Waals surface area contributed by atoms with Gasteiger partial charge >= 0.3 is 0 Å². The van der Waals surface area contributed by atoms with Crippen LogP contribution in [0.4, 0.5) is 0 Å². The fraction of sp³-hybridized carbons (Fsp3) is 0.357. The van der Waals surface area contributed by atoms with Gasteiger partial charge in [0.15, 0.2) is 0 Å². The fourth-order valence-corrected chi connectivity index (χ4v) is 4.08. The van der Waals surface area contributed by atoms with E-state index in [0.29, 0.717) is 0 Å². The van der Waals surface area contributed by atoms with Gasteiger partial charge in [-0.25, -0.2) is 0 Å². The summed E-state index contributed by atoms with van der Waals surface area (Å²) in [6, 6.07) is 27.0. The second kappa shape index (κ2) is 7.69. The van der Waals surface area contributed by atoms with Gasteiger partial charge in [-0.1, -0.05) is 109 Å². The highest BCUT2D eigenvalue weighted by molar-refractivity contribution is 7.58. The molecule has 0 bridgehead atoms. The van der Waals surface area contributed by atoms with Gasteiger partial charge in [-0.05, 0) is 58.0 Å². The lowest BCUT2D eigenvalue weighted by Gasteiger charge is -2.30. The van der Waals surface area contributed by atoms with Gasteiger partial charge in [0.2, 0.25) is 0 Å². The highest BCUT2D eigenvalue weighted by Crippen LogP contribution is 2.36. The van der Waals surface area contributed by atoms with Gasteiger partial charge in [-0.15, -0.1) is 0 Å². The summed E-state index contributed by atoms with van der Waals surface area (Å²) >= 11 is 3.59. The van der Waals surface area contributed by atoms with Crippen LogP contribution < -0.4 is 0 Å². The summed E-state index contributed by atoms with van der Waals surface area (Å²) in [6.07, 6.45) is 0. The molecule has 0 amide bonds. The molecule has 152 valence electrons. The van der Waals surface area contributed by atoms with Gasteiger partial charge in [0.25, 0.3) is 0 Å². The Morgan fingerprint density at radius 3 is 0.931 bits per heavy atom. The summed E-state index contributed by atoms with van der Waals surface area (Å²) in [5.41, 5.74) is 6.85. The summed E-state index contributed by atoms with van der Waals surface area (Å²) in [5.74, 6) is 0. The van der Waals surface area contributed by atoms with Crippen molar-refractivity contribution >= 4 is 12.6 Å². The van der Waals surface area contributed by atoms with Crippen LogP contribution in [0.2, 0.25) is 0 Å². The van der Waals surface area contributed by atoms with Gasteiger partial charge < -0.3 is 0 Å². The summed E-state index contributed by atoms with van der Waals surface area (Å²) in [7, 11) is 0. The minimum absolute atomic E-state index is 0.0308. The van der Waals surface area contributed by atoms with E-state index in [4.69, 9.17) is 0 Å². The molecule has 29 heavy (non-hydrogen) atoms. The third kappa shape index (κ3) is 4.46. The van der Waals surface area contributed by atoms with Crippen molar-refractivity contribution in [2.75, 3.05) is 0 Å². The average molecular weight is 404 g/mol. The Morgan fingerprint density at radius 1 is 0.414 bits per heavy atom. The molecule has 1 heteroatoms. The van der Waals surface area contributed by atoms with E-state index in [0.717, 1.165) is 4.90 Å². The van der Waals surface area contributed by atoms with Crippen LogP contribution in [0.1, 0.15) is 76.3 Å². The maximum atomic E-state index is 3.59. The van der Waals surface area contributed by atoms with Gasteiger partial charge in [-0.2, -0.15) is 0 Å². The Morgan fingerprint density at radius 2 is 0.655 bits per heavy atom. The summed E-state index contributed by atoms with van der Waals surface area (Å²) in [6.45, 7) is 16.0. The quantitative estimate of drug-likeness (QED) is 0.411. The predicted molar refractivity (Wildman–Crippen MR) is 131 cm³/mol. The molecule has 3 aromatic carbocycles. The van der Waals surface area contributed by atoms with Gasteiger partial charge in [0.05, 0.1) is 0 Å². The molecule has 0 saturated carbocycles. The lowest BCUT2D eigenvalue weighted by atomic mass is 9.74. The monoisotopic (exact) mass is 403 g/mol. The Hall–Kier alpha value is -1.99. The molecule has 0 N–H and O–H groups in total. The highest BCUT2D eigenvalue weighted by atomic mass is 32.1. The lowest BCUT2D eigenvalue weighted by molar-refractivity contribution is 0.587. The number of hydrogen-bond donors (Lipinski definition) is 0. The molecule has 0 fully saturated rings. The second-order valence-corrected chi connectivity index (χ2v) is 10.8. The molecule has 0 unspecified atom stereocenters. The molecule has 0 radical (unpaired) electrons. The standard InChI is InChI=1S/C28H34S/c1-26(2,3)20-8-10-21(11-9-20)27(4,5)22-12-14-23(15-13-22)28(6,7)24-16-18-25(29)19-17-24/h8-19,29H,1-7H3/p+1. The molecular weight excluding hydrogens is 368 g/mol. The maximum Gasteiger partial charge on any atom is 0.150 e. The van der Waals surface area contributed by atoms with E-state index in [1.807, 2.05) is 0 Å². The summed E-state index contributed by atoms with van der Waals surface area (Å²) in [4.78, 5) is 1.11. The number of benzene rings is 3. The molecule has 0 aliphatic rings. The largest absolute Gasteiger partial charge is 0.150 e. The zero-order valence-corrected chi connectivity index (χ0v) is 19.9. The first-order valence-corrected chi connectivity index (χ1v) is 11.0. The van der Waals surface area contributed by atoms with Gasteiger partial charge in [-0.3, -0.25) is 0 Å². The van der Waals surface area contributed by atoms with E-state index in [1.165, 1.54) is 27.8 Å². The highest BCUT2D eigenvalue weighted by Gasteiger charge is 2.27. The Bertz CT molecular complexity index is 951. The first-order valence-electron chi connectivity index (χ1n) is 10.5. The summed E-state index contributed by atoms with van der Waals surface area (Å²) < 4.78 is 0. The van der Waals surface area contributed by atoms with E-state index in [9.17, 15) is 0 Å². The van der Waals surface area contributed by atoms with Crippen LogP contribution in [0.15, 0.2) is 77.7 Å². The summed E-state index contributed by atoms with van der Waals surface area (Å²) in [5, 5.41) is 0. The fourth-order valence-electron chi connectivity index (χ4n) is 3.91. The topological polar surface area (TPSA) is 0 Å². The molecular formula is C28H35S+. The van der Waals surface area contributed by atoms with Crippen molar-refractivity contribution in [3.63, 3.8) is 0 Å². The molecule has 0 atom stereocenters. The smallest absolute Gasteiger partial charge is 0.0582 e. The van der Waals surface area contributed by atoms with Crippen molar-refractivity contribution in [2.24, 2.45) is 0 Å². The molecule has 0 nitrogen and oxygen atoms in total.